The van der Waals surface area contributed by atoms with Crippen LogP contribution in [0.3, 0.4) is 0 Å². The molecule has 106 valence electrons. The van der Waals surface area contributed by atoms with Crippen LogP contribution in [-0.4, -0.2) is 40.2 Å². The first kappa shape index (κ1) is 15.4. The fourth-order valence-electron chi connectivity index (χ4n) is 1.74. The van der Waals surface area contributed by atoms with Gasteiger partial charge in [0.05, 0.1) is 18.3 Å². The topological polar surface area (TPSA) is 79.2 Å². The summed E-state index contributed by atoms with van der Waals surface area (Å²) in [4.78, 5) is 28.7. The summed E-state index contributed by atoms with van der Waals surface area (Å²) in [6.07, 6.45) is 1.69. The van der Waals surface area contributed by atoms with Gasteiger partial charge in [-0.3, -0.25) is 9.59 Å². The number of Topliss-reactive ketones (excluding diaryl/α,β-unsaturated/α-hetero) is 1. The Labute approximate surface area is 114 Å². The van der Waals surface area contributed by atoms with Crippen LogP contribution in [0.1, 0.15) is 38.2 Å². The minimum absolute atomic E-state index is 0.0503. The number of carbonyl (C=O) groups excluding carboxylic acids is 2. The van der Waals surface area contributed by atoms with Crippen LogP contribution in [-0.2, 0) is 4.79 Å². The largest absolute Gasteiger partial charge is 0.359 e. The molecular weight excluding hydrogens is 242 g/mol. The van der Waals surface area contributed by atoms with Crippen molar-refractivity contribution in [1.29, 1.82) is 0 Å². The third kappa shape index (κ3) is 3.92. The number of nitrogens with one attached hydrogen (secondary N) is 1. The van der Waals surface area contributed by atoms with Crippen LogP contribution in [0.5, 0.6) is 0 Å². The van der Waals surface area contributed by atoms with Crippen LogP contribution in [0.25, 0.3) is 0 Å². The summed E-state index contributed by atoms with van der Waals surface area (Å²) < 4.78 is 0. The molecule has 19 heavy (non-hydrogen) atoms. The van der Waals surface area contributed by atoms with Crippen molar-refractivity contribution in [1.82, 2.24) is 9.88 Å². The fraction of sp³-hybridized carbons (Fsp3) is 0.571. The highest BCUT2D eigenvalue weighted by Crippen LogP contribution is 2.09. The third-order valence-corrected chi connectivity index (χ3v) is 3.12. The van der Waals surface area contributed by atoms with E-state index in [0.29, 0.717) is 5.69 Å². The molecule has 1 heterocycles. The number of nitrogens with zero attached hydrogens (tertiary/aromatic N) is 1. The molecule has 5 heteroatoms. The first-order valence-electron chi connectivity index (χ1n) is 6.57. The van der Waals surface area contributed by atoms with Gasteiger partial charge < -0.3 is 15.6 Å². The first-order valence-corrected chi connectivity index (χ1v) is 6.57. The number of carbonyl (C=O) groups is 2. The van der Waals surface area contributed by atoms with E-state index in [1.807, 2.05) is 27.7 Å². The Bertz CT molecular complexity index is 424. The number of amides is 1. The van der Waals surface area contributed by atoms with Gasteiger partial charge in [0, 0.05) is 12.2 Å². The predicted octanol–water partition coefficient (Wildman–Crippen LogP) is 1.42. The second kappa shape index (κ2) is 6.52. The average Bonchev–Trinajstić information content (AvgIpc) is 2.87. The Morgan fingerprint density at radius 3 is 2.37 bits per heavy atom. The van der Waals surface area contributed by atoms with E-state index in [9.17, 15) is 9.59 Å². The van der Waals surface area contributed by atoms with Gasteiger partial charge in [0.1, 0.15) is 0 Å². The summed E-state index contributed by atoms with van der Waals surface area (Å²) in [6, 6.07) is 2.83. The number of H-pyrrole nitrogens is 1. The molecule has 0 saturated heterocycles. The Kier molecular flexibility index (Phi) is 5.30. The minimum Gasteiger partial charge on any atom is -0.359 e. The molecule has 0 spiro atoms. The number of ketones is 1. The number of hydrogen-bond acceptors (Lipinski definition) is 3. The van der Waals surface area contributed by atoms with E-state index in [-0.39, 0.29) is 30.2 Å². The summed E-state index contributed by atoms with van der Waals surface area (Å²) in [7, 11) is 0. The highest BCUT2D eigenvalue weighted by molar-refractivity contribution is 5.98. The zero-order chi connectivity index (χ0) is 14.6. The van der Waals surface area contributed by atoms with Gasteiger partial charge in [0.15, 0.2) is 5.78 Å². The molecule has 0 aromatic carbocycles. The minimum atomic E-state index is -0.571. The second-order valence-electron chi connectivity index (χ2n) is 5.34. The van der Waals surface area contributed by atoms with Gasteiger partial charge in [-0.05, 0) is 31.9 Å². The lowest BCUT2D eigenvalue weighted by Gasteiger charge is -2.29. The normalized spacial score (nSPS) is 12.8. The van der Waals surface area contributed by atoms with E-state index in [0.717, 1.165) is 0 Å². The Balaban J connectivity index is 2.79. The molecular formula is C14H23N3O2. The zero-order valence-electron chi connectivity index (χ0n) is 12.0. The molecule has 0 unspecified atom stereocenters. The smallest absolute Gasteiger partial charge is 0.240 e. The summed E-state index contributed by atoms with van der Waals surface area (Å²) in [5.74, 6) is -0.234. The number of rotatable bonds is 6. The van der Waals surface area contributed by atoms with Crippen molar-refractivity contribution >= 4 is 11.7 Å². The van der Waals surface area contributed by atoms with E-state index in [2.05, 4.69) is 4.98 Å². The maximum atomic E-state index is 12.3. The molecule has 3 N–H and O–H groups in total. The lowest BCUT2D eigenvalue weighted by molar-refractivity contribution is -0.134. The van der Waals surface area contributed by atoms with Gasteiger partial charge in [-0.2, -0.15) is 0 Å². The van der Waals surface area contributed by atoms with Gasteiger partial charge in [-0.25, -0.2) is 0 Å². The molecule has 1 rings (SSSR count). The van der Waals surface area contributed by atoms with Crippen molar-refractivity contribution in [3.63, 3.8) is 0 Å². The van der Waals surface area contributed by atoms with Crippen molar-refractivity contribution in [2.75, 3.05) is 6.54 Å². The van der Waals surface area contributed by atoms with Crippen molar-refractivity contribution in [2.45, 2.75) is 39.8 Å². The fourth-order valence-corrected chi connectivity index (χ4v) is 1.74. The molecule has 1 aromatic heterocycles. The third-order valence-electron chi connectivity index (χ3n) is 3.12. The van der Waals surface area contributed by atoms with Crippen LogP contribution in [0.15, 0.2) is 18.3 Å². The SMILES string of the molecule is CC(C)[C@H](N)C(=O)N(CC(=O)c1ccc[nH]1)C(C)C. The first-order chi connectivity index (χ1) is 8.84. The molecule has 1 aromatic rings. The molecule has 1 amide bonds. The Hall–Kier alpha value is -1.62. The molecule has 0 aliphatic heterocycles. The highest BCUT2D eigenvalue weighted by Gasteiger charge is 2.27. The maximum Gasteiger partial charge on any atom is 0.240 e. The van der Waals surface area contributed by atoms with E-state index in [1.165, 1.54) is 4.90 Å². The Morgan fingerprint density at radius 1 is 1.32 bits per heavy atom. The molecule has 0 saturated carbocycles. The van der Waals surface area contributed by atoms with Gasteiger partial charge in [-0.1, -0.05) is 13.8 Å². The molecule has 0 radical (unpaired) electrons. The summed E-state index contributed by atoms with van der Waals surface area (Å²) in [5.41, 5.74) is 6.39. The van der Waals surface area contributed by atoms with Crippen LogP contribution in [0.4, 0.5) is 0 Å². The lowest BCUT2D eigenvalue weighted by Crippen LogP contribution is -2.50. The lowest BCUT2D eigenvalue weighted by atomic mass is 10.0. The quantitative estimate of drug-likeness (QED) is 0.763. The van der Waals surface area contributed by atoms with Gasteiger partial charge >= 0.3 is 0 Å². The van der Waals surface area contributed by atoms with Crippen LogP contribution < -0.4 is 5.73 Å². The maximum absolute atomic E-state index is 12.3. The number of aromatic nitrogens is 1. The number of nitrogens with two attached hydrogens (primary N) is 1. The monoisotopic (exact) mass is 265 g/mol. The second-order valence-corrected chi connectivity index (χ2v) is 5.34. The molecule has 0 aliphatic rings. The average molecular weight is 265 g/mol. The zero-order valence-corrected chi connectivity index (χ0v) is 12.0. The van der Waals surface area contributed by atoms with Crippen molar-refractivity contribution in [3.05, 3.63) is 24.0 Å². The summed E-state index contributed by atoms with van der Waals surface area (Å²) in [5, 5.41) is 0. The van der Waals surface area contributed by atoms with Gasteiger partial charge in [0.2, 0.25) is 5.91 Å². The summed E-state index contributed by atoms with van der Waals surface area (Å²) >= 11 is 0. The Morgan fingerprint density at radius 2 is 1.95 bits per heavy atom. The van der Waals surface area contributed by atoms with Crippen molar-refractivity contribution in [2.24, 2.45) is 11.7 Å². The molecule has 0 fully saturated rings. The molecule has 1 atom stereocenters. The molecule has 5 nitrogen and oxygen atoms in total. The molecule has 0 bridgehead atoms. The van der Waals surface area contributed by atoms with E-state index >= 15 is 0 Å². The number of aromatic amines is 1. The highest BCUT2D eigenvalue weighted by atomic mass is 16.2. The van der Waals surface area contributed by atoms with Crippen LogP contribution in [0, 0.1) is 5.92 Å². The van der Waals surface area contributed by atoms with Crippen LogP contribution >= 0.6 is 0 Å². The summed E-state index contributed by atoms with van der Waals surface area (Å²) in [6.45, 7) is 7.61. The number of hydrogen-bond donors (Lipinski definition) is 2. The molecule has 0 aliphatic carbocycles. The predicted molar refractivity (Wildman–Crippen MR) is 74.8 cm³/mol. The van der Waals surface area contributed by atoms with E-state index in [4.69, 9.17) is 5.73 Å². The standard InChI is InChI=1S/C14H23N3O2/c1-9(2)13(15)14(19)17(10(3)4)8-12(18)11-6-5-7-16-11/h5-7,9-10,13,16H,8,15H2,1-4H3/t13-/m0/s1. The van der Waals surface area contributed by atoms with Gasteiger partial charge in [0.25, 0.3) is 0 Å². The van der Waals surface area contributed by atoms with E-state index in [1.54, 1.807) is 18.3 Å². The van der Waals surface area contributed by atoms with Crippen molar-refractivity contribution in [3.8, 4) is 0 Å². The van der Waals surface area contributed by atoms with E-state index < -0.39 is 6.04 Å². The van der Waals surface area contributed by atoms with Gasteiger partial charge in [-0.15, -0.1) is 0 Å². The van der Waals surface area contributed by atoms with Crippen molar-refractivity contribution < 1.29 is 9.59 Å². The van der Waals surface area contributed by atoms with Crippen LogP contribution in [0.2, 0.25) is 0 Å².